The molecule has 1 aliphatic heterocycles. The van der Waals surface area contributed by atoms with E-state index in [0.717, 1.165) is 0 Å². The Kier molecular flexibility index (Phi) is 13.7. The molecule has 1 aromatic rings. The Morgan fingerprint density at radius 2 is 1.79 bits per heavy atom. The molecule has 0 saturated heterocycles. The van der Waals surface area contributed by atoms with Crippen molar-refractivity contribution in [3.05, 3.63) is 35.9 Å². The average Bonchev–Trinajstić information content (AvgIpc) is 2.95. The number of benzene rings is 1. The minimum absolute atomic E-state index is 0.0151. The summed E-state index contributed by atoms with van der Waals surface area (Å²) >= 11 is 0. The van der Waals surface area contributed by atoms with Gasteiger partial charge < -0.3 is 53.7 Å². The number of nitrogens with zero attached hydrogens (tertiary/aromatic N) is 2. The predicted octanol–water partition coefficient (Wildman–Crippen LogP) is -2.10. The van der Waals surface area contributed by atoms with Crippen LogP contribution >= 0.6 is 0 Å². The van der Waals surface area contributed by atoms with Gasteiger partial charge in [0.05, 0.1) is 12.1 Å². The second-order valence-electron chi connectivity index (χ2n) is 10.4. The van der Waals surface area contributed by atoms with Crippen LogP contribution in [-0.2, 0) is 25.6 Å². The first-order chi connectivity index (χ1) is 20.4. The number of carbonyl (C=O) groups excluding carboxylic acids is 4. The lowest BCUT2D eigenvalue weighted by Crippen LogP contribution is -2.65. The summed E-state index contributed by atoms with van der Waals surface area (Å²) in [6, 6.07) is 2.68. The highest BCUT2D eigenvalue weighted by Gasteiger charge is 2.36. The van der Waals surface area contributed by atoms with Crippen molar-refractivity contribution in [1.29, 1.82) is 0 Å². The highest BCUT2D eigenvalue weighted by Crippen LogP contribution is 2.10. The van der Waals surface area contributed by atoms with Crippen molar-refractivity contribution in [1.82, 2.24) is 26.6 Å². The van der Waals surface area contributed by atoms with E-state index in [1.54, 1.807) is 44.2 Å². The SMILES string of the molecule is CC(C)C(NC(=O)C(NC(=O)NC(Cc1ccccc1)C(=O)O)C1CCN=C(N)N1)C(=O)NC(C=O)CCCN=C(N)N. The zero-order valence-electron chi connectivity index (χ0n) is 24.3. The summed E-state index contributed by atoms with van der Waals surface area (Å²) in [4.78, 5) is 71.0. The molecule has 16 nitrogen and oxygen atoms in total. The molecule has 1 heterocycles. The van der Waals surface area contributed by atoms with Crippen molar-refractivity contribution in [2.45, 2.75) is 69.7 Å². The smallest absolute Gasteiger partial charge is 0.326 e. The van der Waals surface area contributed by atoms with Crippen LogP contribution in [0.15, 0.2) is 40.3 Å². The van der Waals surface area contributed by atoms with E-state index in [-0.39, 0.29) is 37.9 Å². The molecule has 2 rings (SSSR count). The number of hydrogen-bond acceptors (Lipinski definition) is 9. The molecule has 0 radical (unpaired) electrons. The average molecular weight is 603 g/mol. The number of nitrogens with two attached hydrogens (primary N) is 3. The highest BCUT2D eigenvalue weighted by atomic mass is 16.4. The molecule has 1 aliphatic rings. The number of rotatable bonds is 16. The first kappa shape index (κ1) is 34.3. The van der Waals surface area contributed by atoms with E-state index in [2.05, 4.69) is 36.6 Å². The summed E-state index contributed by atoms with van der Waals surface area (Å²) in [5.74, 6) is -3.00. The molecular weight excluding hydrogens is 560 g/mol. The number of carboxylic acids is 1. The zero-order valence-corrected chi connectivity index (χ0v) is 24.3. The van der Waals surface area contributed by atoms with E-state index in [1.807, 2.05) is 0 Å². The van der Waals surface area contributed by atoms with Crippen LogP contribution in [0.2, 0.25) is 0 Å². The molecule has 12 N–H and O–H groups in total. The van der Waals surface area contributed by atoms with E-state index in [0.29, 0.717) is 24.7 Å². The Morgan fingerprint density at radius 3 is 2.37 bits per heavy atom. The third kappa shape index (κ3) is 11.9. The van der Waals surface area contributed by atoms with Gasteiger partial charge in [-0.05, 0) is 30.7 Å². The number of aliphatic carboxylic acids is 1. The van der Waals surface area contributed by atoms with Crippen LogP contribution < -0.4 is 43.8 Å². The van der Waals surface area contributed by atoms with Gasteiger partial charge in [0.15, 0.2) is 11.9 Å². The second kappa shape index (κ2) is 17.2. The lowest BCUT2D eigenvalue weighted by Gasteiger charge is -2.32. The Labute approximate surface area is 249 Å². The number of hydrogen-bond donors (Lipinski definition) is 9. The van der Waals surface area contributed by atoms with Gasteiger partial charge in [-0.3, -0.25) is 19.6 Å². The van der Waals surface area contributed by atoms with Crippen molar-refractivity contribution < 1.29 is 29.1 Å². The number of aliphatic imine (C=N–C) groups is 2. The second-order valence-corrected chi connectivity index (χ2v) is 10.4. The van der Waals surface area contributed by atoms with Crippen LogP contribution in [0.25, 0.3) is 0 Å². The number of carboxylic acid groups (broad SMARTS) is 1. The van der Waals surface area contributed by atoms with Crippen LogP contribution in [0, 0.1) is 5.92 Å². The molecule has 0 aromatic heterocycles. The van der Waals surface area contributed by atoms with Crippen LogP contribution in [0.1, 0.15) is 38.7 Å². The third-order valence-electron chi connectivity index (χ3n) is 6.62. The van der Waals surface area contributed by atoms with Crippen molar-refractivity contribution in [3.63, 3.8) is 0 Å². The molecule has 236 valence electrons. The van der Waals surface area contributed by atoms with Gasteiger partial charge in [-0.2, -0.15) is 0 Å². The number of aldehydes is 1. The van der Waals surface area contributed by atoms with Gasteiger partial charge in [-0.1, -0.05) is 44.2 Å². The minimum atomic E-state index is -1.28. The third-order valence-corrected chi connectivity index (χ3v) is 6.62. The number of carbonyl (C=O) groups is 5. The molecule has 0 aliphatic carbocycles. The fourth-order valence-corrected chi connectivity index (χ4v) is 4.37. The summed E-state index contributed by atoms with van der Waals surface area (Å²) in [5.41, 5.74) is 17.1. The maximum atomic E-state index is 13.6. The monoisotopic (exact) mass is 602 g/mol. The van der Waals surface area contributed by atoms with Crippen LogP contribution in [0.5, 0.6) is 0 Å². The largest absolute Gasteiger partial charge is 0.480 e. The maximum Gasteiger partial charge on any atom is 0.326 e. The molecule has 0 bridgehead atoms. The summed E-state index contributed by atoms with van der Waals surface area (Å²) in [5, 5.41) is 22.8. The van der Waals surface area contributed by atoms with Crippen molar-refractivity contribution in [2.75, 3.05) is 13.1 Å². The highest BCUT2D eigenvalue weighted by molar-refractivity contribution is 5.94. The Hall–Kier alpha value is -4.89. The molecule has 0 saturated carbocycles. The van der Waals surface area contributed by atoms with Crippen LogP contribution in [0.3, 0.4) is 0 Å². The number of urea groups is 1. The summed E-state index contributed by atoms with van der Waals surface area (Å²) in [6.07, 6.45) is 1.62. The molecule has 0 fully saturated rings. The number of guanidine groups is 2. The standard InChI is InChI=1S/C27H42N10O6/c1-15(2)20(22(39)33-17(14-38)9-6-11-31-25(28)29)36-23(40)21(18-10-12-32-26(30)34-18)37-27(43)35-19(24(41)42)13-16-7-4-3-5-8-16/h3-5,7-8,14-15,17-21H,6,9-13H2,1-2H3,(H,33,39)(H,36,40)(H,41,42)(H4,28,29,31)(H3,30,32,34)(H2,35,37,43). The van der Waals surface area contributed by atoms with Gasteiger partial charge in [-0.15, -0.1) is 0 Å². The molecule has 5 atom stereocenters. The summed E-state index contributed by atoms with van der Waals surface area (Å²) < 4.78 is 0. The number of nitrogens with one attached hydrogen (secondary N) is 5. The van der Waals surface area contributed by atoms with Gasteiger partial charge in [0.25, 0.3) is 0 Å². The number of amides is 4. The fourth-order valence-electron chi connectivity index (χ4n) is 4.37. The lowest BCUT2D eigenvalue weighted by molar-refractivity contribution is -0.139. The minimum Gasteiger partial charge on any atom is -0.480 e. The van der Waals surface area contributed by atoms with Gasteiger partial charge in [-0.25, -0.2) is 9.59 Å². The van der Waals surface area contributed by atoms with Crippen LogP contribution in [-0.4, -0.2) is 90.4 Å². The van der Waals surface area contributed by atoms with E-state index in [1.165, 1.54) is 0 Å². The van der Waals surface area contributed by atoms with Gasteiger partial charge in [0.1, 0.15) is 24.4 Å². The zero-order chi connectivity index (χ0) is 31.9. The molecule has 4 amide bonds. The quantitative estimate of drug-likeness (QED) is 0.0430. The Balaban J connectivity index is 2.15. The summed E-state index contributed by atoms with van der Waals surface area (Å²) in [7, 11) is 0. The van der Waals surface area contributed by atoms with E-state index in [4.69, 9.17) is 17.2 Å². The van der Waals surface area contributed by atoms with Crippen LogP contribution in [0.4, 0.5) is 4.79 Å². The maximum absolute atomic E-state index is 13.6. The van der Waals surface area contributed by atoms with E-state index >= 15 is 0 Å². The fraction of sp³-hybridized carbons (Fsp3) is 0.519. The van der Waals surface area contributed by atoms with Crippen molar-refractivity contribution in [2.24, 2.45) is 33.1 Å². The summed E-state index contributed by atoms with van der Waals surface area (Å²) in [6.45, 7) is 3.96. The molecule has 5 unspecified atom stereocenters. The molecule has 16 heteroatoms. The normalized spacial score (nSPS) is 17.1. The van der Waals surface area contributed by atoms with Crippen molar-refractivity contribution in [3.8, 4) is 0 Å². The Bertz CT molecular complexity index is 1170. The molecule has 1 aromatic carbocycles. The van der Waals surface area contributed by atoms with E-state index in [9.17, 15) is 29.1 Å². The Morgan fingerprint density at radius 1 is 1.09 bits per heavy atom. The lowest BCUT2D eigenvalue weighted by atomic mass is 9.99. The first-order valence-electron chi connectivity index (χ1n) is 13.9. The predicted molar refractivity (Wildman–Crippen MR) is 160 cm³/mol. The molecular formula is C27H42N10O6. The van der Waals surface area contributed by atoms with E-state index < -0.39 is 59.9 Å². The first-order valence-corrected chi connectivity index (χ1v) is 13.9. The van der Waals surface area contributed by atoms with Gasteiger partial charge >= 0.3 is 12.0 Å². The van der Waals surface area contributed by atoms with Crippen molar-refractivity contribution >= 4 is 42.0 Å². The molecule has 0 spiro atoms. The molecule has 43 heavy (non-hydrogen) atoms. The van der Waals surface area contributed by atoms with Gasteiger partial charge in [0, 0.05) is 19.5 Å². The van der Waals surface area contributed by atoms with Gasteiger partial charge in [0.2, 0.25) is 11.8 Å². The topological polar surface area (TPSA) is 269 Å².